The number of hydrogen-bond acceptors (Lipinski definition) is 5. The molecule has 3 rings (SSSR count). The molecule has 4 atom stereocenters. The smallest absolute Gasteiger partial charge is 0.329 e. The molecule has 0 aliphatic heterocycles. The van der Waals surface area contributed by atoms with Crippen molar-refractivity contribution in [2.75, 3.05) is 0 Å². The Hall–Kier alpha value is -3.55. The lowest BCUT2D eigenvalue weighted by Gasteiger charge is -2.51. The van der Waals surface area contributed by atoms with Crippen LogP contribution in [0.1, 0.15) is 119 Å². The Morgan fingerprint density at radius 1 is 1.05 bits per heavy atom. The summed E-state index contributed by atoms with van der Waals surface area (Å²) in [6.07, 6.45) is -0.567. The predicted molar refractivity (Wildman–Crippen MR) is 177 cm³/mol. The molecular weight excluding hydrogens is 550 g/mol. The highest BCUT2D eigenvalue weighted by molar-refractivity contribution is 5.89. The number of benzene rings is 2. The number of rotatable bonds is 12. The standard InChI is InChI=1S/C36H53N5O3/c1-13-16-21(3)19-30(42)41(36(12,34(43)44)29(14-2)35(9,10)11)26(8)31-23(5)20-28(24(6)25(31)7)32-22(4)17-15-18-27(32)33-37-39-40-38-33/h15,17-18,20-21,26,29H,13-14,16,19H2,1-12H3,(H,43,44)(H,37,38,39,40)/t21?,26?,29?,36-/m0/s1/i14D2,29D. The molecule has 1 heterocycles. The van der Waals surface area contributed by atoms with Gasteiger partial charge in [0, 0.05) is 16.1 Å². The lowest BCUT2D eigenvalue weighted by atomic mass is 9.66. The maximum atomic E-state index is 14.5. The normalized spacial score (nSPS) is 17.4. The Bertz CT molecular complexity index is 1600. The fraction of sp³-hybridized carbons (Fsp3) is 0.583. The zero-order valence-electron chi connectivity index (χ0n) is 31.6. The van der Waals surface area contributed by atoms with Crippen molar-refractivity contribution in [3.05, 3.63) is 52.1 Å². The molecule has 3 unspecified atom stereocenters. The zero-order valence-corrected chi connectivity index (χ0v) is 28.6. The average molecular weight is 607 g/mol. The van der Waals surface area contributed by atoms with Gasteiger partial charge in [0.25, 0.3) is 0 Å². The van der Waals surface area contributed by atoms with Crippen molar-refractivity contribution in [3.63, 3.8) is 0 Å². The van der Waals surface area contributed by atoms with Crippen LogP contribution in [0.15, 0.2) is 24.3 Å². The van der Waals surface area contributed by atoms with Gasteiger partial charge in [-0.3, -0.25) is 4.79 Å². The van der Waals surface area contributed by atoms with Crippen molar-refractivity contribution < 1.29 is 18.8 Å². The minimum absolute atomic E-state index is 0.0234. The van der Waals surface area contributed by atoms with Gasteiger partial charge < -0.3 is 10.0 Å². The summed E-state index contributed by atoms with van der Waals surface area (Å²) >= 11 is 0. The minimum Gasteiger partial charge on any atom is -0.479 e. The van der Waals surface area contributed by atoms with E-state index in [1.807, 2.05) is 66.7 Å². The molecule has 0 fully saturated rings. The van der Waals surface area contributed by atoms with Gasteiger partial charge in [-0.25, -0.2) is 9.89 Å². The molecule has 0 radical (unpaired) electrons. The molecule has 0 saturated heterocycles. The third kappa shape index (κ3) is 6.59. The summed E-state index contributed by atoms with van der Waals surface area (Å²) in [6.45, 7) is 21.4. The largest absolute Gasteiger partial charge is 0.479 e. The molecule has 1 aromatic heterocycles. The molecule has 8 heteroatoms. The molecule has 0 aliphatic rings. The van der Waals surface area contributed by atoms with Crippen LogP contribution in [0.4, 0.5) is 0 Å². The van der Waals surface area contributed by atoms with Crippen LogP contribution in [-0.2, 0) is 9.59 Å². The number of aryl methyl sites for hydroxylation is 2. The van der Waals surface area contributed by atoms with Crippen LogP contribution >= 0.6 is 0 Å². The van der Waals surface area contributed by atoms with Crippen molar-refractivity contribution in [1.29, 1.82) is 0 Å². The van der Waals surface area contributed by atoms with E-state index in [9.17, 15) is 16.1 Å². The first-order valence-corrected chi connectivity index (χ1v) is 15.6. The number of aromatic nitrogens is 4. The fourth-order valence-electron chi connectivity index (χ4n) is 7.15. The lowest BCUT2D eigenvalue weighted by Crippen LogP contribution is -2.62. The Morgan fingerprint density at radius 3 is 2.23 bits per heavy atom. The molecule has 2 N–H and O–H groups in total. The molecule has 0 saturated carbocycles. The fourth-order valence-corrected chi connectivity index (χ4v) is 7.15. The van der Waals surface area contributed by atoms with E-state index in [0.717, 1.165) is 57.3 Å². The second kappa shape index (κ2) is 13.6. The van der Waals surface area contributed by atoms with E-state index < -0.39 is 41.1 Å². The molecule has 0 bridgehead atoms. The number of aromatic amines is 1. The number of carbonyl (C=O) groups excluding carboxylic acids is 1. The highest BCUT2D eigenvalue weighted by atomic mass is 16.4. The number of carbonyl (C=O) groups is 2. The molecule has 240 valence electrons. The van der Waals surface area contributed by atoms with Gasteiger partial charge in [-0.05, 0) is 115 Å². The molecular formula is C36H53N5O3. The summed E-state index contributed by atoms with van der Waals surface area (Å²) < 4.78 is 27.6. The van der Waals surface area contributed by atoms with E-state index in [4.69, 9.17) is 2.74 Å². The second-order valence-corrected chi connectivity index (χ2v) is 13.4. The van der Waals surface area contributed by atoms with Gasteiger partial charge in [0.15, 0.2) is 5.82 Å². The van der Waals surface area contributed by atoms with Crippen molar-refractivity contribution in [2.24, 2.45) is 17.2 Å². The van der Waals surface area contributed by atoms with Crippen molar-refractivity contribution >= 4 is 11.9 Å². The van der Waals surface area contributed by atoms with Crippen molar-refractivity contribution in [3.8, 4) is 22.5 Å². The van der Waals surface area contributed by atoms with E-state index in [-0.39, 0.29) is 12.3 Å². The van der Waals surface area contributed by atoms with Gasteiger partial charge in [-0.1, -0.05) is 78.6 Å². The van der Waals surface area contributed by atoms with Gasteiger partial charge in [0.05, 0.1) is 6.04 Å². The van der Waals surface area contributed by atoms with Crippen LogP contribution in [0, 0.1) is 44.9 Å². The molecule has 8 nitrogen and oxygen atoms in total. The van der Waals surface area contributed by atoms with E-state index >= 15 is 0 Å². The van der Waals surface area contributed by atoms with Gasteiger partial charge in [0.2, 0.25) is 5.91 Å². The Labute approximate surface area is 268 Å². The highest BCUT2D eigenvalue weighted by Crippen LogP contribution is 2.46. The Balaban J connectivity index is 2.39. The van der Waals surface area contributed by atoms with E-state index in [1.54, 1.807) is 20.8 Å². The summed E-state index contributed by atoms with van der Waals surface area (Å²) in [5.41, 5.74) is 3.82. The molecule has 2 aromatic carbocycles. The highest BCUT2D eigenvalue weighted by Gasteiger charge is 2.53. The number of nitrogens with one attached hydrogen (secondary N) is 1. The predicted octanol–water partition coefficient (Wildman–Crippen LogP) is 8.40. The molecule has 3 aromatic rings. The first-order valence-electron chi connectivity index (χ1n) is 17.1. The summed E-state index contributed by atoms with van der Waals surface area (Å²) in [5.74, 6) is -3.56. The van der Waals surface area contributed by atoms with Crippen LogP contribution in [0.2, 0.25) is 0 Å². The quantitative estimate of drug-likeness (QED) is 0.214. The SMILES string of the molecule is [2H]C([2H])(C)C([2H])(C(C)(C)C)[C@@](C)(C(=O)O)N(C(=O)CC(C)CCC)C(C)c1c(C)cc(-c2c(C)cccc2-c2nnn[nH]2)c(C)c1C. The molecule has 44 heavy (non-hydrogen) atoms. The summed E-state index contributed by atoms with van der Waals surface area (Å²) in [4.78, 5) is 29.5. The lowest BCUT2D eigenvalue weighted by molar-refractivity contribution is -0.170. The summed E-state index contributed by atoms with van der Waals surface area (Å²) in [7, 11) is 0. The maximum absolute atomic E-state index is 14.5. The Morgan fingerprint density at radius 2 is 1.70 bits per heavy atom. The number of H-pyrrole nitrogens is 1. The molecule has 0 spiro atoms. The van der Waals surface area contributed by atoms with E-state index in [1.165, 1.54) is 18.7 Å². The number of hydrogen-bond donors (Lipinski definition) is 2. The number of nitrogens with zero attached hydrogens (tertiary/aromatic N) is 4. The monoisotopic (exact) mass is 606 g/mol. The average Bonchev–Trinajstić information content (AvgIpc) is 3.48. The van der Waals surface area contributed by atoms with Crippen LogP contribution in [-0.4, -0.2) is 48.0 Å². The Kier molecular flexibility index (Phi) is 9.43. The molecule has 1 amide bonds. The maximum Gasteiger partial charge on any atom is 0.329 e. The van der Waals surface area contributed by atoms with Crippen LogP contribution in [0.3, 0.4) is 0 Å². The summed E-state index contributed by atoms with van der Waals surface area (Å²) in [5, 5.41) is 25.6. The van der Waals surface area contributed by atoms with Crippen LogP contribution in [0.25, 0.3) is 22.5 Å². The number of tetrazole rings is 1. The topological polar surface area (TPSA) is 112 Å². The van der Waals surface area contributed by atoms with Gasteiger partial charge >= 0.3 is 5.97 Å². The minimum atomic E-state index is -2.30. The van der Waals surface area contributed by atoms with Gasteiger partial charge in [-0.2, -0.15) is 0 Å². The zero-order chi connectivity index (χ0) is 35.9. The van der Waals surface area contributed by atoms with Crippen LogP contribution in [0.5, 0.6) is 0 Å². The van der Waals surface area contributed by atoms with Gasteiger partial charge in [-0.15, -0.1) is 5.10 Å². The van der Waals surface area contributed by atoms with Crippen LogP contribution < -0.4 is 0 Å². The third-order valence-corrected chi connectivity index (χ3v) is 9.06. The second-order valence-electron chi connectivity index (χ2n) is 13.4. The van der Waals surface area contributed by atoms with E-state index in [2.05, 4.69) is 26.7 Å². The third-order valence-electron chi connectivity index (χ3n) is 9.06. The summed E-state index contributed by atoms with van der Waals surface area (Å²) in [6, 6.07) is 7.20. The first-order chi connectivity index (χ1) is 21.6. The van der Waals surface area contributed by atoms with Gasteiger partial charge in [0.1, 0.15) is 5.54 Å². The number of carboxylic acid groups (broad SMARTS) is 1. The number of carboxylic acids is 1. The molecule has 0 aliphatic carbocycles. The van der Waals surface area contributed by atoms with E-state index in [0.29, 0.717) is 5.82 Å². The number of amides is 1. The van der Waals surface area contributed by atoms with Crippen molar-refractivity contribution in [2.45, 2.75) is 120 Å². The van der Waals surface area contributed by atoms with Crippen molar-refractivity contribution in [1.82, 2.24) is 25.5 Å². The number of aliphatic carboxylic acids is 1. The first kappa shape index (κ1) is 30.5.